The minimum Gasteiger partial charge on any atom is -0.353 e. The number of aromatic amines is 1. The molecule has 1 saturated carbocycles. The number of anilines is 1. The van der Waals surface area contributed by atoms with Gasteiger partial charge in [0.05, 0.1) is 11.3 Å². The number of aromatic nitrogens is 1. The molecule has 0 unspecified atom stereocenters. The smallest absolute Gasteiger partial charge is 0.227 e. The molecule has 0 spiro atoms. The number of para-hydroxylation sites is 1. The zero-order chi connectivity index (χ0) is 16.5. The molecule has 2 N–H and O–H groups in total. The van der Waals surface area contributed by atoms with Crippen molar-refractivity contribution in [3.8, 4) is 17.3 Å². The van der Waals surface area contributed by atoms with Gasteiger partial charge in [-0.15, -0.1) is 0 Å². The van der Waals surface area contributed by atoms with E-state index in [9.17, 15) is 10.1 Å². The van der Waals surface area contributed by atoms with Crippen LogP contribution in [0.1, 0.15) is 26.3 Å². The fraction of sp³-hybridized carbons (Fsp3) is 0.200. The molecule has 1 aliphatic carbocycles. The van der Waals surface area contributed by atoms with E-state index >= 15 is 0 Å². The van der Waals surface area contributed by atoms with Crippen LogP contribution in [-0.4, -0.2) is 10.9 Å². The molecule has 1 heterocycles. The van der Waals surface area contributed by atoms with E-state index in [4.69, 9.17) is 0 Å². The second-order valence-corrected chi connectivity index (χ2v) is 6.23. The second kappa shape index (κ2) is 5.86. The number of nitrogens with zero attached hydrogens (tertiary/aromatic N) is 1. The topological polar surface area (TPSA) is 68.7 Å². The van der Waals surface area contributed by atoms with Crippen LogP contribution in [0.3, 0.4) is 0 Å². The number of amides is 1. The number of fused-ring (bicyclic) bond motifs is 1. The van der Waals surface area contributed by atoms with E-state index in [-0.39, 0.29) is 13.3 Å². The number of nitrogens with one attached hydrogen (secondary N) is 2. The Kier molecular flexibility index (Phi) is 3.55. The Morgan fingerprint density at radius 1 is 1.17 bits per heavy atom. The quantitative estimate of drug-likeness (QED) is 0.735. The van der Waals surface area contributed by atoms with Crippen LogP contribution < -0.4 is 5.32 Å². The van der Waals surface area contributed by atoms with Gasteiger partial charge in [-0.25, -0.2) is 0 Å². The molecule has 3 aromatic rings. The summed E-state index contributed by atoms with van der Waals surface area (Å²) in [6.07, 6.45) is 3.13. The molecule has 0 atom stereocenters. The van der Waals surface area contributed by atoms with Crippen LogP contribution in [0.25, 0.3) is 22.2 Å². The van der Waals surface area contributed by atoms with Gasteiger partial charge in [0.25, 0.3) is 0 Å². The van der Waals surface area contributed by atoms with Crippen molar-refractivity contribution >= 4 is 22.5 Å². The van der Waals surface area contributed by atoms with Gasteiger partial charge in [0.2, 0.25) is 5.91 Å². The SMILES string of the molecule is N#Cc1c(-c2ccc(NC(=O)C3CCC3)cc2)[nH]c2ccccc12.[HH]. The maximum Gasteiger partial charge on any atom is 0.227 e. The minimum atomic E-state index is 0. The van der Waals surface area contributed by atoms with Gasteiger partial charge < -0.3 is 10.3 Å². The Balaban J connectivity index is 0.00000182. The number of carbonyl (C=O) groups excluding carboxylic acids is 1. The maximum absolute atomic E-state index is 12.0. The minimum absolute atomic E-state index is 0. The Hall–Kier alpha value is -3.06. The second-order valence-electron chi connectivity index (χ2n) is 6.23. The van der Waals surface area contributed by atoms with Crippen molar-refractivity contribution < 1.29 is 6.22 Å². The summed E-state index contributed by atoms with van der Waals surface area (Å²) in [7, 11) is 0. The maximum atomic E-state index is 12.0. The van der Waals surface area contributed by atoms with Crippen LogP contribution in [0.2, 0.25) is 0 Å². The third-order valence-electron chi connectivity index (χ3n) is 4.73. The van der Waals surface area contributed by atoms with Crippen molar-refractivity contribution in [2.75, 3.05) is 5.32 Å². The fourth-order valence-corrected chi connectivity index (χ4v) is 3.11. The first-order chi connectivity index (χ1) is 11.8. The highest BCUT2D eigenvalue weighted by Crippen LogP contribution is 2.31. The van der Waals surface area contributed by atoms with Crippen molar-refractivity contribution in [1.82, 2.24) is 4.98 Å². The number of hydrogen-bond donors (Lipinski definition) is 2. The summed E-state index contributed by atoms with van der Waals surface area (Å²) in [5.41, 5.74) is 4.15. The molecule has 1 amide bonds. The summed E-state index contributed by atoms with van der Waals surface area (Å²) >= 11 is 0. The molecular formula is C20H19N3O. The van der Waals surface area contributed by atoms with Crippen LogP contribution in [0.4, 0.5) is 5.69 Å². The van der Waals surface area contributed by atoms with Crippen LogP contribution >= 0.6 is 0 Å². The van der Waals surface area contributed by atoms with E-state index in [0.29, 0.717) is 5.56 Å². The molecule has 24 heavy (non-hydrogen) atoms. The Labute approximate surface area is 141 Å². The predicted molar refractivity (Wildman–Crippen MR) is 96.5 cm³/mol. The standard InChI is InChI=1S/C20H17N3O.H2/c21-12-17-16-6-1-2-7-18(16)23-19(17)13-8-10-15(11-9-13)22-20(24)14-4-3-5-14;/h1-2,6-11,14,23H,3-5H2,(H,22,24);1H. The van der Waals surface area contributed by atoms with Gasteiger partial charge in [0.15, 0.2) is 0 Å². The van der Waals surface area contributed by atoms with Gasteiger partial charge in [0, 0.05) is 23.9 Å². The molecule has 2 aromatic carbocycles. The average molecular weight is 317 g/mol. The van der Waals surface area contributed by atoms with Crippen LogP contribution in [0.5, 0.6) is 0 Å². The molecular weight excluding hydrogens is 298 g/mol. The van der Waals surface area contributed by atoms with E-state index in [1.165, 1.54) is 0 Å². The highest BCUT2D eigenvalue weighted by molar-refractivity contribution is 5.95. The summed E-state index contributed by atoms with van der Waals surface area (Å²) < 4.78 is 0. The highest BCUT2D eigenvalue weighted by atomic mass is 16.1. The third kappa shape index (κ3) is 2.44. The molecule has 0 aliphatic heterocycles. The summed E-state index contributed by atoms with van der Waals surface area (Å²) in [5, 5.41) is 13.4. The van der Waals surface area contributed by atoms with E-state index in [0.717, 1.165) is 47.1 Å². The van der Waals surface area contributed by atoms with Gasteiger partial charge in [-0.1, -0.05) is 36.8 Å². The summed E-state index contributed by atoms with van der Waals surface area (Å²) in [4.78, 5) is 15.3. The lowest BCUT2D eigenvalue weighted by Gasteiger charge is -2.24. The molecule has 1 fully saturated rings. The number of hydrogen-bond acceptors (Lipinski definition) is 2. The number of H-pyrrole nitrogens is 1. The molecule has 4 rings (SSSR count). The zero-order valence-corrected chi connectivity index (χ0v) is 13.2. The molecule has 4 heteroatoms. The first-order valence-corrected chi connectivity index (χ1v) is 8.18. The average Bonchev–Trinajstić information content (AvgIpc) is 2.92. The van der Waals surface area contributed by atoms with Crippen LogP contribution in [-0.2, 0) is 4.79 Å². The lowest BCUT2D eigenvalue weighted by atomic mass is 9.85. The Morgan fingerprint density at radius 3 is 2.58 bits per heavy atom. The Bertz CT molecular complexity index is 949. The van der Waals surface area contributed by atoms with Crippen molar-refractivity contribution in [2.24, 2.45) is 5.92 Å². The first-order valence-electron chi connectivity index (χ1n) is 8.18. The van der Waals surface area contributed by atoms with Crippen molar-refractivity contribution in [3.63, 3.8) is 0 Å². The van der Waals surface area contributed by atoms with Crippen LogP contribution in [0.15, 0.2) is 48.5 Å². The summed E-state index contributed by atoms with van der Waals surface area (Å²) in [5.74, 6) is 0.279. The monoisotopic (exact) mass is 317 g/mol. The Morgan fingerprint density at radius 2 is 1.92 bits per heavy atom. The van der Waals surface area contributed by atoms with E-state index in [1.807, 2.05) is 48.5 Å². The molecule has 0 saturated heterocycles. The number of carbonyl (C=O) groups is 1. The molecule has 0 radical (unpaired) electrons. The first kappa shape index (κ1) is 14.5. The van der Waals surface area contributed by atoms with Gasteiger partial charge in [-0.05, 0) is 36.6 Å². The zero-order valence-electron chi connectivity index (χ0n) is 13.2. The fourth-order valence-electron chi connectivity index (χ4n) is 3.11. The molecule has 1 aromatic heterocycles. The van der Waals surface area contributed by atoms with Gasteiger partial charge in [-0.3, -0.25) is 4.79 Å². The molecule has 1 aliphatic rings. The molecule has 120 valence electrons. The summed E-state index contributed by atoms with van der Waals surface area (Å²) in [6, 6.07) is 17.7. The third-order valence-corrected chi connectivity index (χ3v) is 4.73. The van der Waals surface area contributed by atoms with Crippen molar-refractivity contribution in [1.29, 1.82) is 5.26 Å². The predicted octanol–water partition coefficient (Wildman–Crippen LogP) is 4.69. The number of nitriles is 1. The molecule has 0 bridgehead atoms. The van der Waals surface area contributed by atoms with Gasteiger partial charge >= 0.3 is 0 Å². The van der Waals surface area contributed by atoms with E-state index in [1.54, 1.807) is 0 Å². The largest absolute Gasteiger partial charge is 0.353 e. The normalized spacial score (nSPS) is 14.1. The van der Waals surface area contributed by atoms with Crippen LogP contribution in [0, 0.1) is 17.2 Å². The van der Waals surface area contributed by atoms with Crippen molar-refractivity contribution in [2.45, 2.75) is 19.3 Å². The number of benzene rings is 2. The van der Waals surface area contributed by atoms with Crippen molar-refractivity contribution in [3.05, 3.63) is 54.1 Å². The number of rotatable bonds is 3. The lowest BCUT2D eigenvalue weighted by Crippen LogP contribution is -2.27. The summed E-state index contributed by atoms with van der Waals surface area (Å²) in [6.45, 7) is 0. The van der Waals surface area contributed by atoms with Gasteiger partial charge in [0.1, 0.15) is 6.07 Å². The highest BCUT2D eigenvalue weighted by Gasteiger charge is 2.25. The van der Waals surface area contributed by atoms with E-state index < -0.39 is 0 Å². The van der Waals surface area contributed by atoms with Gasteiger partial charge in [-0.2, -0.15) is 5.26 Å². The lowest BCUT2D eigenvalue weighted by molar-refractivity contribution is -0.122. The molecule has 4 nitrogen and oxygen atoms in total. The van der Waals surface area contributed by atoms with E-state index in [2.05, 4.69) is 16.4 Å².